The average molecular weight is 554 g/mol. The summed E-state index contributed by atoms with van der Waals surface area (Å²) in [5.74, 6) is -0.0394. The van der Waals surface area contributed by atoms with Crippen molar-refractivity contribution in [2.24, 2.45) is 0 Å². The molecule has 0 aromatic heterocycles. The van der Waals surface area contributed by atoms with Crippen LogP contribution < -0.4 is 5.32 Å². The van der Waals surface area contributed by atoms with Crippen LogP contribution in [0, 0.1) is 0 Å². The van der Waals surface area contributed by atoms with Crippen molar-refractivity contribution in [3.8, 4) is 0 Å². The predicted octanol–water partition coefficient (Wildman–Crippen LogP) is 10.2. The van der Waals surface area contributed by atoms with Gasteiger partial charge in [0.1, 0.15) is 0 Å². The highest BCUT2D eigenvalue weighted by Gasteiger charge is 2.19. The minimum atomic E-state index is -0.648. The number of rotatable bonds is 32. The predicted molar refractivity (Wildman–Crippen MR) is 170 cm³/mol. The Kier molecular flexibility index (Phi) is 31.4. The summed E-state index contributed by atoms with van der Waals surface area (Å²) in [5.41, 5.74) is 0. The van der Waals surface area contributed by atoms with E-state index in [1.807, 2.05) is 0 Å². The van der Waals surface area contributed by atoms with E-state index in [0.29, 0.717) is 12.8 Å². The first-order chi connectivity index (χ1) is 19.2. The van der Waals surface area contributed by atoms with Crippen LogP contribution in [0.1, 0.15) is 200 Å². The maximum atomic E-state index is 12.1. The fourth-order valence-electron chi connectivity index (χ4n) is 5.59. The van der Waals surface area contributed by atoms with Crippen molar-refractivity contribution in [1.29, 1.82) is 0 Å². The van der Waals surface area contributed by atoms with E-state index in [4.69, 9.17) is 0 Å². The van der Waals surface area contributed by atoms with Gasteiger partial charge in [0.2, 0.25) is 5.91 Å². The number of unbranched alkanes of at least 4 members (excludes halogenated alkanes) is 25. The summed E-state index contributed by atoms with van der Waals surface area (Å²) in [4.78, 5) is 12.1. The highest BCUT2D eigenvalue weighted by Crippen LogP contribution is 2.16. The van der Waals surface area contributed by atoms with Crippen molar-refractivity contribution in [2.75, 3.05) is 6.61 Å². The van der Waals surface area contributed by atoms with Gasteiger partial charge in [0, 0.05) is 6.42 Å². The monoisotopic (exact) mass is 554 g/mol. The van der Waals surface area contributed by atoms with Crippen molar-refractivity contribution >= 4 is 5.91 Å². The van der Waals surface area contributed by atoms with E-state index in [9.17, 15) is 15.0 Å². The van der Waals surface area contributed by atoms with Gasteiger partial charge in [0.25, 0.3) is 0 Å². The number of hydrogen-bond acceptors (Lipinski definition) is 3. The molecule has 0 aliphatic heterocycles. The smallest absolute Gasteiger partial charge is 0.220 e. The lowest BCUT2D eigenvalue weighted by atomic mass is 10.0. The molecule has 1 amide bonds. The second-order valence-corrected chi connectivity index (χ2v) is 12.3. The second-order valence-electron chi connectivity index (χ2n) is 12.3. The van der Waals surface area contributed by atoms with E-state index in [0.717, 1.165) is 32.1 Å². The molecular weight excluding hydrogens is 482 g/mol. The molecule has 39 heavy (non-hydrogen) atoms. The molecule has 4 nitrogen and oxygen atoms in total. The molecule has 2 atom stereocenters. The van der Waals surface area contributed by atoms with Gasteiger partial charge < -0.3 is 15.5 Å². The Hall–Kier alpha value is -0.610. The van der Waals surface area contributed by atoms with Crippen molar-refractivity contribution in [3.05, 3.63) is 0 Å². The minimum Gasteiger partial charge on any atom is -0.394 e. The third-order valence-electron chi connectivity index (χ3n) is 8.37. The third-order valence-corrected chi connectivity index (χ3v) is 8.37. The highest BCUT2D eigenvalue weighted by atomic mass is 16.3. The lowest BCUT2D eigenvalue weighted by Crippen LogP contribution is -2.45. The topological polar surface area (TPSA) is 69.6 Å². The molecule has 0 rings (SSSR count). The molecule has 0 bridgehead atoms. The molecular formula is C35H71NO3. The minimum absolute atomic E-state index is 0.0394. The quantitative estimate of drug-likeness (QED) is 0.0726. The molecule has 3 N–H and O–H groups in total. The highest BCUT2D eigenvalue weighted by molar-refractivity contribution is 5.76. The average Bonchev–Trinajstić information content (AvgIpc) is 2.94. The summed E-state index contributed by atoms with van der Waals surface area (Å²) in [7, 11) is 0. The van der Waals surface area contributed by atoms with E-state index in [-0.39, 0.29) is 12.5 Å². The summed E-state index contributed by atoms with van der Waals surface area (Å²) >= 11 is 0. The molecule has 0 aliphatic rings. The van der Waals surface area contributed by atoms with Gasteiger partial charge in [0.05, 0.1) is 18.8 Å². The fourth-order valence-corrected chi connectivity index (χ4v) is 5.59. The van der Waals surface area contributed by atoms with E-state index < -0.39 is 12.1 Å². The number of carbonyl (C=O) groups excluding carboxylic acids is 1. The van der Waals surface area contributed by atoms with Gasteiger partial charge in [-0.1, -0.05) is 181 Å². The lowest BCUT2D eigenvalue weighted by Gasteiger charge is -2.22. The standard InChI is InChI=1S/C35H71NO3/c1-3-5-7-8-9-10-11-12-13-14-15-16-17-18-19-20-21-22-23-24-25-26-27-29-31-35(39)36-33(32-37)34(38)30-28-6-4-2/h33-34,37-38H,3-32H2,1-2H3,(H,36,39). The van der Waals surface area contributed by atoms with Crippen LogP contribution in [0.25, 0.3) is 0 Å². The molecule has 0 saturated carbocycles. The number of amides is 1. The van der Waals surface area contributed by atoms with Gasteiger partial charge in [-0.25, -0.2) is 0 Å². The van der Waals surface area contributed by atoms with Crippen molar-refractivity contribution < 1.29 is 15.0 Å². The van der Waals surface area contributed by atoms with Gasteiger partial charge in [-0.05, 0) is 12.8 Å². The molecule has 0 aromatic carbocycles. The number of aliphatic hydroxyl groups is 2. The fraction of sp³-hybridized carbons (Fsp3) is 0.971. The summed E-state index contributed by atoms with van der Waals surface area (Å²) < 4.78 is 0. The van der Waals surface area contributed by atoms with E-state index in [2.05, 4.69) is 19.2 Å². The largest absolute Gasteiger partial charge is 0.394 e. The zero-order valence-corrected chi connectivity index (χ0v) is 26.7. The number of aliphatic hydroxyl groups excluding tert-OH is 2. The van der Waals surface area contributed by atoms with E-state index in [1.54, 1.807) is 0 Å². The molecule has 0 radical (unpaired) electrons. The van der Waals surface area contributed by atoms with E-state index >= 15 is 0 Å². The molecule has 4 heteroatoms. The van der Waals surface area contributed by atoms with Crippen molar-refractivity contribution in [3.63, 3.8) is 0 Å². The summed E-state index contributed by atoms with van der Waals surface area (Å²) in [6, 6.07) is -0.524. The Morgan fingerprint density at radius 3 is 1.15 bits per heavy atom. The van der Waals surface area contributed by atoms with E-state index in [1.165, 1.54) is 141 Å². The Morgan fingerprint density at radius 2 is 0.821 bits per heavy atom. The third kappa shape index (κ3) is 28.7. The van der Waals surface area contributed by atoms with Crippen LogP contribution in [0.5, 0.6) is 0 Å². The first kappa shape index (κ1) is 38.4. The zero-order valence-electron chi connectivity index (χ0n) is 26.7. The summed E-state index contributed by atoms with van der Waals surface area (Å²) in [5, 5.41) is 22.5. The summed E-state index contributed by atoms with van der Waals surface area (Å²) in [6.45, 7) is 4.22. The SMILES string of the molecule is CCCCCCCCCCCCCCCCCCCCCCCCCCC(=O)NC(CO)C(O)CCCCC. The molecule has 0 fully saturated rings. The molecule has 0 saturated heterocycles. The van der Waals surface area contributed by atoms with Crippen LogP contribution in [-0.2, 0) is 4.79 Å². The lowest BCUT2D eigenvalue weighted by molar-refractivity contribution is -0.123. The maximum absolute atomic E-state index is 12.1. The zero-order chi connectivity index (χ0) is 28.7. The Labute approximate surface area is 244 Å². The Morgan fingerprint density at radius 1 is 0.513 bits per heavy atom. The molecule has 0 aromatic rings. The number of carbonyl (C=O) groups is 1. The molecule has 234 valence electrons. The van der Waals surface area contributed by atoms with Gasteiger partial charge in [-0.3, -0.25) is 4.79 Å². The second kappa shape index (κ2) is 31.9. The van der Waals surface area contributed by atoms with Crippen LogP contribution in [-0.4, -0.2) is 34.9 Å². The molecule has 0 aliphatic carbocycles. The van der Waals surface area contributed by atoms with Gasteiger partial charge >= 0.3 is 0 Å². The number of nitrogens with one attached hydrogen (secondary N) is 1. The van der Waals surface area contributed by atoms with Crippen LogP contribution in [0.3, 0.4) is 0 Å². The van der Waals surface area contributed by atoms with Gasteiger partial charge in [-0.2, -0.15) is 0 Å². The van der Waals surface area contributed by atoms with Gasteiger partial charge in [0.15, 0.2) is 0 Å². The Balaban J connectivity index is 3.30. The first-order valence-corrected chi connectivity index (χ1v) is 17.7. The first-order valence-electron chi connectivity index (χ1n) is 17.7. The van der Waals surface area contributed by atoms with Crippen molar-refractivity contribution in [2.45, 2.75) is 212 Å². The normalized spacial score (nSPS) is 13.0. The molecule has 0 spiro atoms. The Bertz CT molecular complexity index is 485. The van der Waals surface area contributed by atoms with Crippen LogP contribution in [0.4, 0.5) is 0 Å². The summed E-state index contributed by atoms with van der Waals surface area (Å²) in [6.07, 6.45) is 36.6. The maximum Gasteiger partial charge on any atom is 0.220 e. The van der Waals surface area contributed by atoms with Crippen molar-refractivity contribution in [1.82, 2.24) is 5.32 Å². The molecule has 0 heterocycles. The number of hydrogen-bond donors (Lipinski definition) is 3. The van der Waals surface area contributed by atoms with Crippen LogP contribution >= 0.6 is 0 Å². The van der Waals surface area contributed by atoms with Gasteiger partial charge in [-0.15, -0.1) is 0 Å². The van der Waals surface area contributed by atoms with Crippen LogP contribution in [0.15, 0.2) is 0 Å². The van der Waals surface area contributed by atoms with Crippen LogP contribution in [0.2, 0.25) is 0 Å². The molecule has 2 unspecified atom stereocenters.